The van der Waals surface area contributed by atoms with E-state index in [4.69, 9.17) is 29.3 Å². The molecule has 0 atom stereocenters. The minimum Gasteiger partial charge on any atom is -0.497 e. The minimum atomic E-state index is -1.82. The third-order valence-electron chi connectivity index (χ3n) is 7.63. The summed E-state index contributed by atoms with van der Waals surface area (Å²) in [7, 11) is 3.40. The van der Waals surface area contributed by atoms with E-state index in [9.17, 15) is 0 Å². The Morgan fingerprint density at radius 1 is 0.604 bits per heavy atom. The van der Waals surface area contributed by atoms with Gasteiger partial charge in [-0.2, -0.15) is 0 Å². The molecule has 250 valence electrons. The normalized spacial score (nSPS) is 10.5. The van der Waals surface area contributed by atoms with Gasteiger partial charge in [0, 0.05) is 47.3 Å². The Morgan fingerprint density at radius 2 is 1.00 bits per heavy atom. The predicted molar refractivity (Wildman–Crippen MR) is 189 cm³/mol. The number of carbonyl (C=O) groups is 2. The highest BCUT2D eigenvalue weighted by molar-refractivity contribution is 6.27. The van der Waals surface area contributed by atoms with Crippen molar-refractivity contribution in [3.8, 4) is 11.5 Å². The molecule has 0 aliphatic rings. The number of hydrogen-bond donors (Lipinski definition) is 6. The molecule has 2 aromatic heterocycles. The van der Waals surface area contributed by atoms with Gasteiger partial charge < -0.3 is 40.3 Å². The number of benzene rings is 4. The molecule has 0 saturated heterocycles. The lowest BCUT2D eigenvalue weighted by Crippen LogP contribution is -2.16. The van der Waals surface area contributed by atoms with Crippen molar-refractivity contribution in [1.82, 2.24) is 20.6 Å². The standard InChI is InChI=1S/2C18H20N2O.C2H2O4/c2*1-21-16-7-8-18-17(11-16)15(13-20-18)12-19-10-9-14-5-3-2-4-6-14;3-1(4)2(5)6/h2*2-8,11,13,19-20H,9-10,12H2,1H3;(H,3,4)(H,5,6). The number of carboxylic acids is 2. The number of fused-ring (bicyclic) bond motifs is 2. The molecule has 2 heterocycles. The fraction of sp³-hybridized carbons (Fsp3) is 0.211. The highest BCUT2D eigenvalue weighted by Gasteiger charge is 2.06. The number of aromatic nitrogens is 2. The first-order valence-corrected chi connectivity index (χ1v) is 15.6. The number of ether oxygens (including phenoxy) is 2. The molecule has 0 fully saturated rings. The summed E-state index contributed by atoms with van der Waals surface area (Å²) in [6.45, 7) is 3.67. The van der Waals surface area contributed by atoms with Crippen LogP contribution in [0, 0.1) is 0 Å². The molecule has 4 aromatic carbocycles. The van der Waals surface area contributed by atoms with Crippen molar-refractivity contribution in [2.75, 3.05) is 27.3 Å². The SMILES string of the molecule is COc1ccc2[nH]cc(CNCCc3ccccc3)c2c1.COc1ccc2[nH]cc(CNCCc3ccccc3)c2c1.O=C(O)C(=O)O. The van der Waals surface area contributed by atoms with Crippen LogP contribution in [-0.2, 0) is 35.5 Å². The zero-order chi connectivity index (χ0) is 34.1. The van der Waals surface area contributed by atoms with Crippen molar-refractivity contribution in [1.29, 1.82) is 0 Å². The summed E-state index contributed by atoms with van der Waals surface area (Å²) in [6, 6.07) is 33.3. The molecule has 6 N–H and O–H groups in total. The third-order valence-corrected chi connectivity index (χ3v) is 7.63. The van der Waals surface area contributed by atoms with Crippen LogP contribution in [0.25, 0.3) is 21.8 Å². The Morgan fingerprint density at radius 3 is 1.35 bits per heavy atom. The average Bonchev–Trinajstić information content (AvgIpc) is 3.73. The van der Waals surface area contributed by atoms with E-state index in [0.29, 0.717) is 0 Å². The number of methoxy groups -OCH3 is 2. The molecule has 6 aromatic rings. The predicted octanol–water partition coefficient (Wildman–Crippen LogP) is 6.17. The maximum Gasteiger partial charge on any atom is 0.414 e. The molecular weight excluding hydrogens is 608 g/mol. The highest BCUT2D eigenvalue weighted by atomic mass is 16.5. The van der Waals surface area contributed by atoms with E-state index < -0.39 is 11.9 Å². The van der Waals surface area contributed by atoms with Crippen LogP contribution in [0.2, 0.25) is 0 Å². The van der Waals surface area contributed by atoms with E-state index in [0.717, 1.165) is 61.6 Å². The Labute approximate surface area is 279 Å². The van der Waals surface area contributed by atoms with E-state index >= 15 is 0 Å². The summed E-state index contributed by atoms with van der Waals surface area (Å²) in [4.78, 5) is 24.8. The van der Waals surface area contributed by atoms with E-state index in [1.165, 1.54) is 33.0 Å². The summed E-state index contributed by atoms with van der Waals surface area (Å²) in [5, 5.41) is 24.2. The molecule has 0 aliphatic carbocycles. The van der Waals surface area contributed by atoms with Crippen LogP contribution in [0.3, 0.4) is 0 Å². The molecule has 0 bridgehead atoms. The number of H-pyrrole nitrogens is 2. The minimum absolute atomic E-state index is 0.861. The van der Waals surface area contributed by atoms with Crippen molar-refractivity contribution in [2.24, 2.45) is 0 Å². The van der Waals surface area contributed by atoms with Gasteiger partial charge in [0.25, 0.3) is 0 Å². The van der Waals surface area contributed by atoms with Gasteiger partial charge in [-0.15, -0.1) is 0 Å². The van der Waals surface area contributed by atoms with Gasteiger partial charge in [0.05, 0.1) is 14.2 Å². The van der Waals surface area contributed by atoms with Crippen LogP contribution >= 0.6 is 0 Å². The summed E-state index contributed by atoms with van der Waals surface area (Å²) in [6.07, 6.45) is 6.23. The molecule has 0 amide bonds. The van der Waals surface area contributed by atoms with Crippen LogP contribution in [0.5, 0.6) is 11.5 Å². The fourth-order valence-electron chi connectivity index (χ4n) is 5.06. The van der Waals surface area contributed by atoms with Gasteiger partial charge >= 0.3 is 11.9 Å². The molecule has 48 heavy (non-hydrogen) atoms. The quantitative estimate of drug-likeness (QED) is 0.0680. The Balaban J connectivity index is 0.000000186. The topological polar surface area (TPSA) is 149 Å². The Kier molecular flexibility index (Phi) is 13.6. The van der Waals surface area contributed by atoms with Crippen molar-refractivity contribution in [2.45, 2.75) is 25.9 Å². The molecular formula is C38H42N4O6. The third kappa shape index (κ3) is 10.8. The van der Waals surface area contributed by atoms with Gasteiger partial charge in [-0.3, -0.25) is 0 Å². The highest BCUT2D eigenvalue weighted by Crippen LogP contribution is 2.24. The molecule has 6 rings (SSSR count). The van der Waals surface area contributed by atoms with Crippen LogP contribution in [0.4, 0.5) is 0 Å². The van der Waals surface area contributed by atoms with Gasteiger partial charge in [0.1, 0.15) is 11.5 Å². The molecule has 0 radical (unpaired) electrons. The monoisotopic (exact) mass is 650 g/mol. The molecule has 0 aliphatic heterocycles. The van der Waals surface area contributed by atoms with E-state index in [2.05, 4.69) is 118 Å². The smallest absolute Gasteiger partial charge is 0.414 e. The van der Waals surface area contributed by atoms with E-state index in [1.807, 2.05) is 12.1 Å². The number of aromatic amines is 2. The van der Waals surface area contributed by atoms with Crippen molar-refractivity contribution < 1.29 is 29.3 Å². The van der Waals surface area contributed by atoms with Crippen molar-refractivity contribution in [3.63, 3.8) is 0 Å². The van der Waals surface area contributed by atoms with Crippen LogP contribution in [0.15, 0.2) is 109 Å². The van der Waals surface area contributed by atoms with Gasteiger partial charge in [-0.25, -0.2) is 9.59 Å². The first-order valence-electron chi connectivity index (χ1n) is 15.6. The summed E-state index contributed by atoms with van der Waals surface area (Å²) >= 11 is 0. The van der Waals surface area contributed by atoms with Crippen LogP contribution < -0.4 is 20.1 Å². The van der Waals surface area contributed by atoms with E-state index in [-0.39, 0.29) is 0 Å². The Bertz CT molecular complexity index is 1730. The molecule has 0 saturated carbocycles. The fourth-order valence-corrected chi connectivity index (χ4v) is 5.06. The van der Waals surface area contributed by atoms with E-state index in [1.54, 1.807) is 14.2 Å². The van der Waals surface area contributed by atoms with Crippen molar-refractivity contribution in [3.05, 3.63) is 132 Å². The zero-order valence-electron chi connectivity index (χ0n) is 27.2. The first kappa shape index (κ1) is 35.3. The lowest BCUT2D eigenvalue weighted by molar-refractivity contribution is -0.159. The van der Waals surface area contributed by atoms with Crippen molar-refractivity contribution >= 4 is 33.7 Å². The second-order valence-corrected chi connectivity index (χ2v) is 10.9. The van der Waals surface area contributed by atoms with Gasteiger partial charge in [0.15, 0.2) is 0 Å². The Hall–Kier alpha value is -5.58. The number of hydrogen-bond acceptors (Lipinski definition) is 6. The maximum absolute atomic E-state index is 9.10. The maximum atomic E-state index is 9.10. The largest absolute Gasteiger partial charge is 0.497 e. The number of carboxylic acid groups (broad SMARTS) is 2. The molecule has 10 nitrogen and oxygen atoms in total. The van der Waals surface area contributed by atoms with Crippen LogP contribution in [-0.4, -0.2) is 59.4 Å². The molecule has 0 spiro atoms. The number of nitrogens with one attached hydrogen (secondary N) is 4. The van der Waals surface area contributed by atoms with Crippen LogP contribution in [0.1, 0.15) is 22.3 Å². The zero-order valence-corrected chi connectivity index (χ0v) is 27.2. The summed E-state index contributed by atoms with van der Waals surface area (Å²) in [5.74, 6) is -1.86. The number of aliphatic carboxylic acids is 2. The van der Waals surface area contributed by atoms with Gasteiger partial charge in [-0.1, -0.05) is 60.7 Å². The lowest BCUT2D eigenvalue weighted by atomic mass is 10.1. The molecule has 10 heteroatoms. The second kappa shape index (κ2) is 18.5. The first-order chi connectivity index (χ1) is 23.4. The average molecular weight is 651 g/mol. The second-order valence-electron chi connectivity index (χ2n) is 10.9. The summed E-state index contributed by atoms with van der Waals surface area (Å²) < 4.78 is 10.6. The lowest BCUT2D eigenvalue weighted by Gasteiger charge is -2.05. The van der Waals surface area contributed by atoms with Gasteiger partial charge in [0.2, 0.25) is 0 Å². The van der Waals surface area contributed by atoms with Gasteiger partial charge in [-0.05, 0) is 84.6 Å². The molecule has 0 unspecified atom stereocenters. The summed E-state index contributed by atoms with van der Waals surface area (Å²) in [5.41, 5.74) is 7.58. The number of rotatable bonds is 12.